The molecule has 0 aromatic heterocycles. The van der Waals surface area contributed by atoms with Crippen LogP contribution < -0.4 is 5.73 Å². The normalized spacial score (nSPS) is 11.2. The molecular formula is C18H15N. The maximum absolute atomic E-state index is 6.23. The summed E-state index contributed by atoms with van der Waals surface area (Å²) < 4.78 is 0. The van der Waals surface area contributed by atoms with Crippen molar-refractivity contribution in [3.8, 4) is 0 Å². The van der Waals surface area contributed by atoms with E-state index in [1.54, 1.807) is 0 Å². The first-order chi connectivity index (χ1) is 9.34. The average molecular weight is 245 g/mol. The summed E-state index contributed by atoms with van der Waals surface area (Å²) >= 11 is 0. The van der Waals surface area contributed by atoms with E-state index in [0.29, 0.717) is 0 Å². The first-order valence-corrected chi connectivity index (χ1v) is 6.35. The van der Waals surface area contributed by atoms with E-state index in [-0.39, 0.29) is 0 Å². The van der Waals surface area contributed by atoms with Crippen LogP contribution >= 0.6 is 0 Å². The third kappa shape index (κ3) is 2.36. The summed E-state index contributed by atoms with van der Waals surface area (Å²) in [4.78, 5) is 0. The van der Waals surface area contributed by atoms with Gasteiger partial charge in [-0.3, -0.25) is 0 Å². The Kier molecular flexibility index (Phi) is 3.03. The molecule has 0 heterocycles. The molecule has 0 aliphatic rings. The van der Waals surface area contributed by atoms with Gasteiger partial charge in [0.15, 0.2) is 0 Å². The SMILES string of the molecule is Nc1c(/C=C/c2ccccc2)ccc2ccccc12. The zero-order chi connectivity index (χ0) is 13.1. The molecule has 3 aromatic rings. The molecule has 19 heavy (non-hydrogen) atoms. The lowest BCUT2D eigenvalue weighted by atomic mass is 10.0. The Bertz CT molecular complexity index is 727. The zero-order valence-corrected chi connectivity index (χ0v) is 10.6. The highest BCUT2D eigenvalue weighted by Gasteiger charge is 2.00. The van der Waals surface area contributed by atoms with Crippen LogP contribution in [0.3, 0.4) is 0 Å². The lowest BCUT2D eigenvalue weighted by molar-refractivity contribution is 1.66. The van der Waals surface area contributed by atoms with E-state index in [2.05, 4.69) is 48.6 Å². The molecule has 0 spiro atoms. The fraction of sp³-hybridized carbons (Fsp3) is 0. The number of anilines is 1. The Balaban J connectivity index is 2.02. The second kappa shape index (κ2) is 4.99. The standard InChI is InChI=1S/C18H15N/c19-18-16(11-10-14-6-2-1-3-7-14)13-12-15-8-4-5-9-17(15)18/h1-13H,19H2/b11-10+. The number of fused-ring (bicyclic) bond motifs is 1. The van der Waals surface area contributed by atoms with Gasteiger partial charge in [0.25, 0.3) is 0 Å². The molecular weight excluding hydrogens is 230 g/mol. The van der Waals surface area contributed by atoms with Gasteiger partial charge >= 0.3 is 0 Å². The zero-order valence-electron chi connectivity index (χ0n) is 10.6. The van der Waals surface area contributed by atoms with Crippen LogP contribution in [0, 0.1) is 0 Å². The van der Waals surface area contributed by atoms with Crippen molar-refractivity contribution in [2.45, 2.75) is 0 Å². The van der Waals surface area contributed by atoms with E-state index in [1.165, 1.54) is 10.9 Å². The number of hydrogen-bond donors (Lipinski definition) is 1. The molecule has 0 saturated carbocycles. The third-order valence-corrected chi connectivity index (χ3v) is 3.26. The maximum Gasteiger partial charge on any atom is 0.0467 e. The Labute approximate surface area is 113 Å². The number of benzene rings is 3. The van der Waals surface area contributed by atoms with Crippen molar-refractivity contribution in [1.29, 1.82) is 0 Å². The molecule has 1 nitrogen and oxygen atoms in total. The maximum atomic E-state index is 6.23. The van der Waals surface area contributed by atoms with Crippen molar-refractivity contribution < 1.29 is 0 Å². The largest absolute Gasteiger partial charge is 0.398 e. The summed E-state index contributed by atoms with van der Waals surface area (Å²) in [5, 5.41) is 2.29. The van der Waals surface area contributed by atoms with Crippen molar-refractivity contribution in [2.24, 2.45) is 0 Å². The second-order valence-corrected chi connectivity index (χ2v) is 4.53. The Morgan fingerprint density at radius 3 is 2.26 bits per heavy atom. The molecule has 0 aliphatic heterocycles. The van der Waals surface area contributed by atoms with Gasteiger partial charge < -0.3 is 5.73 Å². The predicted molar refractivity (Wildman–Crippen MR) is 83.7 cm³/mol. The summed E-state index contributed by atoms with van der Waals surface area (Å²) in [6.45, 7) is 0. The summed E-state index contributed by atoms with van der Waals surface area (Å²) in [6, 6.07) is 22.6. The van der Waals surface area contributed by atoms with E-state index >= 15 is 0 Å². The molecule has 0 fully saturated rings. The molecule has 0 radical (unpaired) electrons. The smallest absolute Gasteiger partial charge is 0.0467 e. The van der Waals surface area contributed by atoms with Crippen molar-refractivity contribution >= 4 is 28.6 Å². The van der Waals surface area contributed by atoms with Gasteiger partial charge in [-0.2, -0.15) is 0 Å². The van der Waals surface area contributed by atoms with Crippen LogP contribution in [0.15, 0.2) is 66.7 Å². The van der Waals surface area contributed by atoms with Crippen LogP contribution in [0.2, 0.25) is 0 Å². The van der Waals surface area contributed by atoms with Gasteiger partial charge in [0, 0.05) is 11.1 Å². The monoisotopic (exact) mass is 245 g/mol. The van der Waals surface area contributed by atoms with E-state index in [4.69, 9.17) is 5.73 Å². The summed E-state index contributed by atoms with van der Waals surface area (Å²) in [6.07, 6.45) is 4.15. The van der Waals surface area contributed by atoms with E-state index in [0.717, 1.165) is 16.6 Å². The highest BCUT2D eigenvalue weighted by atomic mass is 14.6. The van der Waals surface area contributed by atoms with Gasteiger partial charge in [-0.15, -0.1) is 0 Å². The van der Waals surface area contributed by atoms with Crippen molar-refractivity contribution in [2.75, 3.05) is 5.73 Å². The Morgan fingerprint density at radius 2 is 1.42 bits per heavy atom. The Morgan fingerprint density at radius 1 is 0.684 bits per heavy atom. The fourth-order valence-corrected chi connectivity index (χ4v) is 2.21. The number of nitrogen functional groups attached to an aromatic ring is 1. The highest BCUT2D eigenvalue weighted by Crippen LogP contribution is 2.26. The first kappa shape index (κ1) is 11.5. The van der Waals surface area contributed by atoms with Gasteiger partial charge in [0.2, 0.25) is 0 Å². The van der Waals surface area contributed by atoms with Crippen LogP contribution in [0.1, 0.15) is 11.1 Å². The van der Waals surface area contributed by atoms with Gasteiger partial charge in [-0.1, -0.05) is 78.9 Å². The second-order valence-electron chi connectivity index (χ2n) is 4.53. The van der Waals surface area contributed by atoms with Crippen LogP contribution in [0.25, 0.3) is 22.9 Å². The minimum absolute atomic E-state index is 0.838. The summed E-state index contributed by atoms with van der Waals surface area (Å²) in [7, 11) is 0. The van der Waals surface area contributed by atoms with E-state index in [1.807, 2.05) is 30.3 Å². The number of nitrogens with two attached hydrogens (primary N) is 1. The van der Waals surface area contributed by atoms with Crippen LogP contribution in [-0.2, 0) is 0 Å². The molecule has 0 bridgehead atoms. The van der Waals surface area contributed by atoms with E-state index < -0.39 is 0 Å². The van der Waals surface area contributed by atoms with Gasteiger partial charge in [0.05, 0.1) is 0 Å². The van der Waals surface area contributed by atoms with Crippen LogP contribution in [0.5, 0.6) is 0 Å². The molecule has 0 saturated heterocycles. The molecule has 0 amide bonds. The number of hydrogen-bond acceptors (Lipinski definition) is 1. The van der Waals surface area contributed by atoms with Crippen molar-refractivity contribution in [1.82, 2.24) is 0 Å². The van der Waals surface area contributed by atoms with Crippen molar-refractivity contribution in [3.05, 3.63) is 77.9 Å². The molecule has 3 aromatic carbocycles. The molecule has 0 unspecified atom stereocenters. The molecule has 3 rings (SSSR count). The summed E-state index contributed by atoms with van der Waals surface area (Å²) in [5.41, 5.74) is 9.30. The fourth-order valence-electron chi connectivity index (χ4n) is 2.21. The number of rotatable bonds is 2. The van der Waals surface area contributed by atoms with E-state index in [9.17, 15) is 0 Å². The lowest BCUT2D eigenvalue weighted by Gasteiger charge is -2.05. The average Bonchev–Trinajstić information content (AvgIpc) is 2.48. The van der Waals surface area contributed by atoms with Crippen LogP contribution in [0.4, 0.5) is 5.69 Å². The third-order valence-electron chi connectivity index (χ3n) is 3.26. The predicted octanol–water partition coefficient (Wildman–Crippen LogP) is 4.59. The lowest BCUT2D eigenvalue weighted by Crippen LogP contribution is -1.90. The molecule has 92 valence electrons. The topological polar surface area (TPSA) is 26.0 Å². The molecule has 0 aliphatic carbocycles. The Hall–Kier alpha value is -2.54. The van der Waals surface area contributed by atoms with Gasteiger partial charge in [0.1, 0.15) is 0 Å². The highest BCUT2D eigenvalue weighted by molar-refractivity contribution is 5.97. The van der Waals surface area contributed by atoms with Crippen molar-refractivity contribution in [3.63, 3.8) is 0 Å². The van der Waals surface area contributed by atoms with Crippen LogP contribution in [-0.4, -0.2) is 0 Å². The minimum Gasteiger partial charge on any atom is -0.398 e. The first-order valence-electron chi connectivity index (χ1n) is 6.35. The molecule has 1 heteroatoms. The van der Waals surface area contributed by atoms with Gasteiger partial charge in [-0.05, 0) is 16.5 Å². The summed E-state index contributed by atoms with van der Waals surface area (Å²) in [5.74, 6) is 0. The molecule has 2 N–H and O–H groups in total. The minimum atomic E-state index is 0.838. The van der Waals surface area contributed by atoms with Gasteiger partial charge in [-0.25, -0.2) is 0 Å². The quantitative estimate of drug-likeness (QED) is 0.518. The molecule has 0 atom stereocenters.